The second kappa shape index (κ2) is 12.8. The normalized spacial score (nSPS) is 13.4. The minimum absolute atomic E-state index is 0.0917. The fourth-order valence-electron chi connectivity index (χ4n) is 2.43. The first kappa shape index (κ1) is 25.4. The summed E-state index contributed by atoms with van der Waals surface area (Å²) in [4.78, 5) is 58.2. The minimum Gasteiger partial charge on any atom is -0.480 e. The number of aromatic nitrogens is 2. The molecular formula is C17H29N9O5. The summed E-state index contributed by atoms with van der Waals surface area (Å²) in [5, 5.41) is 16.4. The molecule has 11 N–H and O–H groups in total. The topological polar surface area (TPSA) is 244 Å². The van der Waals surface area contributed by atoms with Gasteiger partial charge in [0.05, 0.1) is 18.9 Å². The van der Waals surface area contributed by atoms with Gasteiger partial charge in [0.15, 0.2) is 5.96 Å². The van der Waals surface area contributed by atoms with Crippen LogP contribution in [0.1, 0.15) is 25.5 Å². The molecule has 1 rings (SSSR count). The summed E-state index contributed by atoms with van der Waals surface area (Å²) in [5.74, 6) is -3.24. The average Bonchev–Trinajstić information content (AvgIpc) is 3.20. The highest BCUT2D eigenvalue weighted by Gasteiger charge is 2.25. The molecule has 0 fully saturated rings. The summed E-state index contributed by atoms with van der Waals surface area (Å²) in [6.45, 7) is 1.20. The second-order valence-electron chi connectivity index (χ2n) is 6.76. The lowest BCUT2D eigenvalue weighted by Crippen LogP contribution is -2.53. The lowest BCUT2D eigenvalue weighted by Gasteiger charge is -2.19. The van der Waals surface area contributed by atoms with Crippen LogP contribution in [0.25, 0.3) is 0 Å². The third-order valence-corrected chi connectivity index (χ3v) is 4.03. The Balaban J connectivity index is 2.61. The van der Waals surface area contributed by atoms with Gasteiger partial charge in [-0.1, -0.05) is 0 Å². The van der Waals surface area contributed by atoms with E-state index < -0.39 is 48.4 Å². The third kappa shape index (κ3) is 10.1. The summed E-state index contributed by atoms with van der Waals surface area (Å²) >= 11 is 0. The molecule has 3 atom stereocenters. The zero-order valence-electron chi connectivity index (χ0n) is 17.1. The van der Waals surface area contributed by atoms with Crippen LogP contribution in [0, 0.1) is 0 Å². The Kier molecular flexibility index (Phi) is 10.5. The van der Waals surface area contributed by atoms with Crippen molar-refractivity contribution in [2.45, 2.75) is 44.3 Å². The van der Waals surface area contributed by atoms with Crippen LogP contribution in [0.2, 0.25) is 0 Å². The molecule has 14 nitrogen and oxygen atoms in total. The minimum atomic E-state index is -1.23. The highest BCUT2D eigenvalue weighted by atomic mass is 16.4. The van der Waals surface area contributed by atoms with E-state index in [1.54, 1.807) is 0 Å². The number of carbonyl (C=O) groups excluding carboxylic acids is 3. The van der Waals surface area contributed by atoms with E-state index in [1.165, 1.54) is 19.4 Å². The Morgan fingerprint density at radius 3 is 2.45 bits per heavy atom. The zero-order valence-corrected chi connectivity index (χ0v) is 17.1. The molecule has 0 aliphatic heterocycles. The van der Waals surface area contributed by atoms with Crippen LogP contribution in [0.4, 0.5) is 0 Å². The van der Waals surface area contributed by atoms with Gasteiger partial charge in [0.2, 0.25) is 17.7 Å². The summed E-state index contributed by atoms with van der Waals surface area (Å²) in [7, 11) is 0. The van der Waals surface area contributed by atoms with E-state index in [1.807, 2.05) is 0 Å². The van der Waals surface area contributed by atoms with E-state index in [9.17, 15) is 24.3 Å². The number of nitrogens with zero attached hydrogens (tertiary/aromatic N) is 2. The Labute approximate surface area is 178 Å². The quantitative estimate of drug-likeness (QED) is 0.0862. The van der Waals surface area contributed by atoms with Gasteiger partial charge in [0.1, 0.15) is 12.1 Å². The summed E-state index contributed by atoms with van der Waals surface area (Å²) in [6, 6.07) is -3.02. The van der Waals surface area contributed by atoms with Crippen molar-refractivity contribution in [3.8, 4) is 0 Å². The predicted octanol–water partition coefficient (Wildman–Crippen LogP) is -3.48. The van der Waals surface area contributed by atoms with Crippen molar-refractivity contribution in [1.82, 2.24) is 25.9 Å². The number of aliphatic imine (C=N–C) groups is 1. The number of H-pyrrole nitrogens is 1. The van der Waals surface area contributed by atoms with Crippen LogP contribution in [0.3, 0.4) is 0 Å². The molecule has 172 valence electrons. The number of rotatable bonds is 13. The SMILES string of the molecule is CC(N)C(=O)NC(Cc1cnc[nH]1)C(=O)NCC(=O)NC(CCCN=C(N)N)C(=O)O. The molecule has 3 unspecified atom stereocenters. The number of guanidine groups is 1. The Hall–Kier alpha value is -3.68. The summed E-state index contributed by atoms with van der Waals surface area (Å²) in [5.41, 5.74) is 16.5. The van der Waals surface area contributed by atoms with Gasteiger partial charge in [-0.05, 0) is 19.8 Å². The number of nitrogens with two attached hydrogens (primary N) is 3. The van der Waals surface area contributed by atoms with Crippen molar-refractivity contribution >= 4 is 29.7 Å². The first-order chi connectivity index (χ1) is 14.6. The molecule has 0 aromatic carbocycles. The maximum atomic E-state index is 12.5. The number of amides is 3. The second-order valence-corrected chi connectivity index (χ2v) is 6.76. The lowest BCUT2D eigenvalue weighted by atomic mass is 10.1. The maximum Gasteiger partial charge on any atom is 0.326 e. The fourth-order valence-corrected chi connectivity index (χ4v) is 2.43. The maximum absolute atomic E-state index is 12.5. The number of carboxylic acids is 1. The molecule has 3 amide bonds. The van der Waals surface area contributed by atoms with E-state index in [2.05, 4.69) is 30.9 Å². The van der Waals surface area contributed by atoms with Crippen molar-refractivity contribution < 1.29 is 24.3 Å². The average molecular weight is 439 g/mol. The van der Waals surface area contributed by atoms with Crippen LogP contribution in [-0.4, -0.2) is 75.9 Å². The molecule has 0 bridgehead atoms. The molecule has 0 aliphatic carbocycles. The Morgan fingerprint density at radius 2 is 1.90 bits per heavy atom. The molecule has 0 radical (unpaired) electrons. The smallest absolute Gasteiger partial charge is 0.326 e. The van der Waals surface area contributed by atoms with E-state index in [0.717, 1.165) is 0 Å². The number of carboxylic acid groups (broad SMARTS) is 1. The molecule has 1 heterocycles. The zero-order chi connectivity index (χ0) is 23.4. The van der Waals surface area contributed by atoms with Crippen LogP contribution in [0.15, 0.2) is 17.5 Å². The predicted molar refractivity (Wildman–Crippen MR) is 110 cm³/mol. The molecule has 1 aromatic heterocycles. The number of carbonyl (C=O) groups is 4. The standard InChI is InChI=1S/C17H29N9O5/c1-9(18)14(28)26-12(5-10-6-21-8-24-10)15(29)23-7-13(27)25-11(16(30)31)3-2-4-22-17(19)20/h6,8-9,11-12H,2-5,7,18H2,1H3,(H,21,24)(H,23,29)(H,25,27)(H,26,28)(H,30,31)(H4,19,20,22). The largest absolute Gasteiger partial charge is 0.480 e. The van der Waals surface area contributed by atoms with Gasteiger partial charge in [0.25, 0.3) is 0 Å². The van der Waals surface area contributed by atoms with Crippen LogP contribution < -0.4 is 33.2 Å². The van der Waals surface area contributed by atoms with Gasteiger partial charge in [-0.2, -0.15) is 0 Å². The number of aromatic amines is 1. The van der Waals surface area contributed by atoms with Gasteiger partial charge in [-0.15, -0.1) is 0 Å². The van der Waals surface area contributed by atoms with Crippen LogP contribution in [0.5, 0.6) is 0 Å². The molecule has 1 aromatic rings. The first-order valence-corrected chi connectivity index (χ1v) is 9.48. The van der Waals surface area contributed by atoms with Crippen molar-refractivity contribution in [3.63, 3.8) is 0 Å². The number of hydrogen-bond donors (Lipinski definition) is 8. The molecule has 0 spiro atoms. The van der Waals surface area contributed by atoms with E-state index in [0.29, 0.717) is 12.1 Å². The third-order valence-electron chi connectivity index (χ3n) is 4.03. The summed E-state index contributed by atoms with van der Waals surface area (Å²) < 4.78 is 0. The van der Waals surface area contributed by atoms with Crippen molar-refractivity contribution in [3.05, 3.63) is 18.2 Å². The van der Waals surface area contributed by atoms with E-state index in [4.69, 9.17) is 17.2 Å². The number of aliphatic carboxylic acids is 1. The van der Waals surface area contributed by atoms with Crippen LogP contribution >= 0.6 is 0 Å². The molecular weight excluding hydrogens is 410 g/mol. The van der Waals surface area contributed by atoms with Gasteiger partial charge in [-0.3, -0.25) is 19.4 Å². The summed E-state index contributed by atoms with van der Waals surface area (Å²) in [6.07, 6.45) is 3.43. The van der Waals surface area contributed by atoms with Gasteiger partial charge < -0.3 is 43.2 Å². The highest BCUT2D eigenvalue weighted by Crippen LogP contribution is 2.01. The monoisotopic (exact) mass is 439 g/mol. The Bertz CT molecular complexity index is 775. The molecule has 0 aliphatic rings. The first-order valence-electron chi connectivity index (χ1n) is 9.48. The van der Waals surface area contributed by atoms with Gasteiger partial charge >= 0.3 is 5.97 Å². The molecule has 0 saturated carbocycles. The van der Waals surface area contributed by atoms with E-state index in [-0.39, 0.29) is 25.3 Å². The van der Waals surface area contributed by atoms with Crippen molar-refractivity contribution in [1.29, 1.82) is 0 Å². The Morgan fingerprint density at radius 1 is 1.19 bits per heavy atom. The number of hydrogen-bond acceptors (Lipinski definition) is 7. The molecule has 31 heavy (non-hydrogen) atoms. The number of imidazole rings is 1. The lowest BCUT2D eigenvalue weighted by molar-refractivity contribution is -0.142. The fraction of sp³-hybridized carbons (Fsp3) is 0.529. The van der Waals surface area contributed by atoms with Gasteiger partial charge in [0, 0.05) is 24.9 Å². The van der Waals surface area contributed by atoms with Crippen LogP contribution in [-0.2, 0) is 25.6 Å². The van der Waals surface area contributed by atoms with Crippen molar-refractivity contribution in [2.24, 2.45) is 22.2 Å². The number of nitrogens with one attached hydrogen (secondary N) is 4. The highest BCUT2D eigenvalue weighted by molar-refractivity contribution is 5.92. The van der Waals surface area contributed by atoms with Crippen molar-refractivity contribution in [2.75, 3.05) is 13.1 Å². The molecule has 14 heteroatoms. The van der Waals surface area contributed by atoms with Gasteiger partial charge in [-0.25, -0.2) is 9.78 Å². The molecule has 0 saturated heterocycles. The van der Waals surface area contributed by atoms with E-state index >= 15 is 0 Å².